The molecule has 1 aliphatic heterocycles. The van der Waals surface area contributed by atoms with E-state index in [0.29, 0.717) is 20.7 Å². The normalized spacial score (nSPS) is 14.4. The molecule has 9 heteroatoms. The molecule has 0 aliphatic carbocycles. The van der Waals surface area contributed by atoms with Gasteiger partial charge in [0.15, 0.2) is 4.34 Å². The number of aromatic nitrogens is 2. The van der Waals surface area contributed by atoms with Gasteiger partial charge in [-0.3, -0.25) is 4.79 Å². The van der Waals surface area contributed by atoms with Crippen molar-refractivity contribution in [3.05, 3.63) is 53.8 Å². The highest BCUT2D eigenvalue weighted by molar-refractivity contribution is 8.01. The molecule has 3 aromatic rings. The number of amides is 1. The molecule has 0 spiro atoms. The Morgan fingerprint density at radius 1 is 1.23 bits per heavy atom. The van der Waals surface area contributed by atoms with E-state index < -0.39 is 5.82 Å². The molecule has 0 unspecified atom stereocenters. The fourth-order valence-electron chi connectivity index (χ4n) is 2.42. The van der Waals surface area contributed by atoms with Crippen molar-refractivity contribution in [3.8, 4) is 5.75 Å². The van der Waals surface area contributed by atoms with Crippen LogP contribution in [-0.2, 0) is 4.79 Å². The fourth-order valence-corrected chi connectivity index (χ4v) is 4.20. The number of ether oxygens (including phenoxy) is 1. The van der Waals surface area contributed by atoms with Gasteiger partial charge in [0.1, 0.15) is 17.3 Å². The number of para-hydroxylation sites is 1. The molecule has 6 nitrogen and oxygen atoms in total. The Bertz CT molecular complexity index is 1040. The third-order valence-corrected chi connectivity index (χ3v) is 5.49. The topological polar surface area (TPSA) is 76.5 Å². The van der Waals surface area contributed by atoms with Crippen LogP contribution in [0.4, 0.5) is 15.2 Å². The van der Waals surface area contributed by atoms with Crippen LogP contribution in [0.15, 0.2) is 56.7 Å². The van der Waals surface area contributed by atoms with E-state index in [9.17, 15) is 9.18 Å². The number of benzene rings is 2. The number of anilines is 1. The number of fused-ring (bicyclic) bond motifs is 1. The first-order valence-electron chi connectivity index (χ1n) is 7.48. The minimum Gasteiger partial charge on any atom is -0.496 e. The molecule has 1 aromatic heterocycles. The molecule has 130 valence electrons. The molecule has 0 saturated carbocycles. The molecular weight excluding hydrogens is 375 g/mol. The maximum absolute atomic E-state index is 13.5. The maximum atomic E-state index is 13.5. The second-order valence-corrected chi connectivity index (χ2v) is 7.45. The van der Waals surface area contributed by atoms with Crippen LogP contribution in [-0.4, -0.2) is 28.9 Å². The molecule has 0 fully saturated rings. The monoisotopic (exact) mass is 386 g/mol. The van der Waals surface area contributed by atoms with Crippen LogP contribution in [0.5, 0.6) is 5.75 Å². The summed E-state index contributed by atoms with van der Waals surface area (Å²) in [4.78, 5) is 17.3. The van der Waals surface area contributed by atoms with Gasteiger partial charge in [0.2, 0.25) is 5.13 Å². The highest BCUT2D eigenvalue weighted by atomic mass is 32.2. The predicted octanol–water partition coefficient (Wildman–Crippen LogP) is 3.91. The summed E-state index contributed by atoms with van der Waals surface area (Å²) in [7, 11) is 1.60. The van der Waals surface area contributed by atoms with Gasteiger partial charge in [-0.2, -0.15) is 0 Å². The lowest BCUT2D eigenvalue weighted by molar-refractivity contribution is -0.110. The second-order valence-electron chi connectivity index (χ2n) is 5.21. The summed E-state index contributed by atoms with van der Waals surface area (Å²) in [5, 5.41) is 11.1. The first-order valence-corrected chi connectivity index (χ1v) is 9.11. The maximum Gasteiger partial charge on any atom is 0.275 e. The molecule has 2 aromatic carbocycles. The molecule has 0 saturated heterocycles. The summed E-state index contributed by atoms with van der Waals surface area (Å²) in [5.74, 6) is -0.0856. The van der Waals surface area contributed by atoms with E-state index in [-0.39, 0.29) is 11.6 Å². The number of aliphatic imine (C=N–C) groups is 1. The third kappa shape index (κ3) is 3.18. The van der Waals surface area contributed by atoms with Crippen molar-refractivity contribution in [1.82, 2.24) is 10.2 Å². The first kappa shape index (κ1) is 16.7. The Labute approximate surface area is 156 Å². The average Bonchev–Trinajstić information content (AvgIpc) is 3.20. The van der Waals surface area contributed by atoms with Crippen LogP contribution in [0.2, 0.25) is 0 Å². The van der Waals surface area contributed by atoms with E-state index in [0.717, 1.165) is 10.6 Å². The summed E-state index contributed by atoms with van der Waals surface area (Å²) in [6.45, 7) is 0. The lowest BCUT2D eigenvalue weighted by Gasteiger charge is -2.04. The zero-order chi connectivity index (χ0) is 18.1. The summed E-state index contributed by atoms with van der Waals surface area (Å²) < 4.78 is 19.5. The number of methoxy groups -OCH3 is 1. The van der Waals surface area contributed by atoms with E-state index in [1.807, 2.05) is 24.3 Å². The molecule has 0 atom stereocenters. The number of rotatable bonds is 4. The largest absolute Gasteiger partial charge is 0.496 e. The number of halogens is 1. The van der Waals surface area contributed by atoms with Crippen LogP contribution in [0.25, 0.3) is 0 Å². The Kier molecular flexibility index (Phi) is 4.39. The zero-order valence-electron chi connectivity index (χ0n) is 13.4. The summed E-state index contributed by atoms with van der Waals surface area (Å²) >= 11 is 2.64. The molecule has 1 N–H and O–H groups in total. The van der Waals surface area contributed by atoms with E-state index in [4.69, 9.17) is 4.74 Å². The minimum absolute atomic E-state index is 0.129. The predicted molar refractivity (Wildman–Crippen MR) is 98.3 cm³/mol. The number of nitrogens with zero attached hydrogens (tertiary/aromatic N) is 3. The van der Waals surface area contributed by atoms with Gasteiger partial charge >= 0.3 is 0 Å². The smallest absolute Gasteiger partial charge is 0.275 e. The molecular formula is C17H11FN4O2S2. The van der Waals surface area contributed by atoms with E-state index in [2.05, 4.69) is 20.5 Å². The molecule has 4 rings (SSSR count). The van der Waals surface area contributed by atoms with Crippen molar-refractivity contribution >= 4 is 45.5 Å². The van der Waals surface area contributed by atoms with Gasteiger partial charge < -0.3 is 10.1 Å². The molecule has 1 amide bonds. The van der Waals surface area contributed by atoms with Gasteiger partial charge in [-0.15, -0.1) is 10.2 Å². The van der Waals surface area contributed by atoms with Crippen LogP contribution >= 0.6 is 23.1 Å². The van der Waals surface area contributed by atoms with Crippen molar-refractivity contribution in [3.63, 3.8) is 0 Å². The summed E-state index contributed by atoms with van der Waals surface area (Å²) in [6, 6.07) is 11.6. The Morgan fingerprint density at radius 3 is 2.92 bits per heavy atom. The number of carbonyl (C=O) groups excluding carboxylic acids is 1. The van der Waals surface area contributed by atoms with Crippen LogP contribution in [0.1, 0.15) is 5.56 Å². The van der Waals surface area contributed by atoms with Crippen molar-refractivity contribution < 1.29 is 13.9 Å². The van der Waals surface area contributed by atoms with Gasteiger partial charge in [0.05, 0.1) is 17.7 Å². The first-order chi connectivity index (χ1) is 12.6. The number of hydrogen-bond acceptors (Lipinski definition) is 7. The van der Waals surface area contributed by atoms with Crippen molar-refractivity contribution in [2.45, 2.75) is 9.24 Å². The van der Waals surface area contributed by atoms with Gasteiger partial charge in [-0.25, -0.2) is 9.38 Å². The molecule has 26 heavy (non-hydrogen) atoms. The van der Waals surface area contributed by atoms with Gasteiger partial charge in [0, 0.05) is 5.56 Å². The quantitative estimate of drug-likeness (QED) is 0.736. The van der Waals surface area contributed by atoms with Crippen LogP contribution in [0.3, 0.4) is 0 Å². The van der Waals surface area contributed by atoms with Crippen molar-refractivity contribution in [1.29, 1.82) is 0 Å². The number of nitrogens with one attached hydrogen (secondary N) is 1. The molecule has 0 radical (unpaired) electrons. The Morgan fingerprint density at radius 2 is 2.08 bits per heavy atom. The Balaban J connectivity index is 1.62. The third-order valence-electron chi connectivity index (χ3n) is 3.57. The molecule has 1 aliphatic rings. The van der Waals surface area contributed by atoms with E-state index >= 15 is 0 Å². The van der Waals surface area contributed by atoms with E-state index in [1.54, 1.807) is 7.11 Å². The summed E-state index contributed by atoms with van der Waals surface area (Å²) in [6.07, 6.45) is 0. The number of hydrogen-bond donors (Lipinski definition) is 1. The summed E-state index contributed by atoms with van der Waals surface area (Å²) in [5.41, 5.74) is 1.08. The van der Waals surface area contributed by atoms with Gasteiger partial charge in [0.25, 0.3) is 5.91 Å². The number of carbonyl (C=O) groups is 1. The van der Waals surface area contributed by atoms with Crippen LogP contribution < -0.4 is 10.1 Å². The molecule has 0 bridgehead atoms. The van der Waals surface area contributed by atoms with Gasteiger partial charge in [-0.1, -0.05) is 35.2 Å². The average molecular weight is 386 g/mol. The van der Waals surface area contributed by atoms with Crippen LogP contribution in [0, 0.1) is 5.82 Å². The zero-order valence-corrected chi connectivity index (χ0v) is 15.0. The fraction of sp³-hybridized carbons (Fsp3) is 0.0588. The second kappa shape index (κ2) is 6.85. The molecule has 2 heterocycles. The highest BCUT2D eigenvalue weighted by Crippen LogP contribution is 2.38. The SMILES string of the molecule is COc1ccccc1Sc1nnc(/N=C2\C(=O)Nc3ccc(F)cc32)s1. The van der Waals surface area contributed by atoms with E-state index in [1.165, 1.54) is 41.3 Å². The van der Waals surface area contributed by atoms with Crippen molar-refractivity contribution in [2.75, 3.05) is 12.4 Å². The minimum atomic E-state index is -0.433. The lowest BCUT2D eigenvalue weighted by atomic mass is 10.1. The van der Waals surface area contributed by atoms with Gasteiger partial charge in [-0.05, 0) is 30.3 Å². The standard InChI is InChI=1S/C17H11FN4O2S2/c1-24-12-4-2-3-5-13(12)25-17-22-21-16(26-17)20-14-10-8-9(18)6-7-11(10)19-15(14)23/h2-8H,1H3,(H,19,20,21,23). The highest BCUT2D eigenvalue weighted by Gasteiger charge is 2.27. The Hall–Kier alpha value is -2.78. The lowest BCUT2D eigenvalue weighted by Crippen LogP contribution is -2.13. The van der Waals surface area contributed by atoms with Crippen molar-refractivity contribution in [2.24, 2.45) is 4.99 Å².